The molecule has 2 aliphatic carbocycles. The Labute approximate surface area is 104 Å². The number of fused-ring (bicyclic) bond motifs is 5. The summed E-state index contributed by atoms with van der Waals surface area (Å²) in [6, 6.07) is 0.815. The highest BCUT2D eigenvalue weighted by atomic mass is 16.2. The summed E-state index contributed by atoms with van der Waals surface area (Å²) in [5.74, 6) is 2.64. The van der Waals surface area contributed by atoms with Gasteiger partial charge >= 0.3 is 6.03 Å². The number of rotatable bonds is 4. The average molecular weight is 236 g/mol. The van der Waals surface area contributed by atoms with E-state index < -0.39 is 0 Å². The van der Waals surface area contributed by atoms with Gasteiger partial charge in [0.1, 0.15) is 0 Å². The Morgan fingerprint density at radius 2 is 2.12 bits per heavy atom. The lowest BCUT2D eigenvalue weighted by Crippen LogP contribution is -2.63. The topological polar surface area (TPSA) is 32.3 Å². The Hall–Kier alpha value is -0.730. The first-order valence-electron chi connectivity index (χ1n) is 7.35. The maximum absolute atomic E-state index is 12.0. The van der Waals surface area contributed by atoms with Gasteiger partial charge in [-0.05, 0) is 37.5 Å². The minimum Gasteiger partial charge on any atom is -0.338 e. The molecular weight excluding hydrogens is 212 g/mol. The first kappa shape index (κ1) is 11.4. The van der Waals surface area contributed by atoms with Crippen LogP contribution in [-0.4, -0.2) is 30.1 Å². The van der Waals surface area contributed by atoms with E-state index in [1.165, 1.54) is 32.1 Å². The van der Waals surface area contributed by atoms with Crippen LogP contribution in [0.25, 0.3) is 0 Å². The molecule has 3 rings (SSSR count). The van der Waals surface area contributed by atoms with E-state index in [0.717, 1.165) is 37.3 Å². The van der Waals surface area contributed by atoms with Crippen LogP contribution in [0.1, 0.15) is 45.4 Å². The molecule has 0 radical (unpaired) electrons. The summed E-state index contributed by atoms with van der Waals surface area (Å²) in [4.78, 5) is 14.1. The van der Waals surface area contributed by atoms with Gasteiger partial charge in [0.25, 0.3) is 0 Å². The van der Waals surface area contributed by atoms with Crippen LogP contribution in [0.2, 0.25) is 0 Å². The number of hydrogen-bond acceptors (Lipinski definition) is 1. The first-order valence-corrected chi connectivity index (χ1v) is 7.35. The summed E-state index contributed by atoms with van der Waals surface area (Å²) < 4.78 is 0. The zero-order valence-electron chi connectivity index (χ0n) is 10.8. The Bertz CT molecular complexity index is 303. The van der Waals surface area contributed by atoms with Crippen LogP contribution < -0.4 is 5.32 Å². The molecule has 0 aromatic carbocycles. The number of urea groups is 1. The predicted molar refractivity (Wildman–Crippen MR) is 67.7 cm³/mol. The zero-order chi connectivity index (χ0) is 11.8. The molecule has 2 bridgehead atoms. The third-order valence-electron chi connectivity index (χ3n) is 5.13. The molecule has 3 nitrogen and oxygen atoms in total. The highest BCUT2D eigenvalue weighted by Crippen LogP contribution is 2.55. The molecule has 1 aliphatic heterocycles. The van der Waals surface area contributed by atoms with Crippen LogP contribution >= 0.6 is 0 Å². The van der Waals surface area contributed by atoms with Crippen molar-refractivity contribution in [3.63, 3.8) is 0 Å². The molecule has 4 atom stereocenters. The fourth-order valence-corrected chi connectivity index (χ4v) is 4.22. The normalized spacial score (nSPS) is 37.8. The van der Waals surface area contributed by atoms with Gasteiger partial charge in [0.2, 0.25) is 0 Å². The maximum atomic E-state index is 12.0. The second-order valence-electron chi connectivity index (χ2n) is 6.08. The summed E-state index contributed by atoms with van der Waals surface area (Å²) >= 11 is 0. The molecule has 0 spiro atoms. The molecule has 3 aliphatic rings. The zero-order valence-corrected chi connectivity index (χ0v) is 10.8. The van der Waals surface area contributed by atoms with Crippen molar-refractivity contribution in [2.75, 3.05) is 13.1 Å². The van der Waals surface area contributed by atoms with Gasteiger partial charge in [-0.3, -0.25) is 0 Å². The van der Waals surface area contributed by atoms with E-state index in [1.807, 2.05) is 0 Å². The Morgan fingerprint density at radius 1 is 1.29 bits per heavy atom. The molecular formula is C14H24N2O. The summed E-state index contributed by atoms with van der Waals surface area (Å²) in [5, 5.41) is 3.08. The molecule has 0 aromatic rings. The number of carbonyl (C=O) groups excluding carboxylic acids is 1. The van der Waals surface area contributed by atoms with Gasteiger partial charge in [-0.2, -0.15) is 0 Å². The minimum atomic E-state index is 0.204. The van der Waals surface area contributed by atoms with Gasteiger partial charge in [-0.15, -0.1) is 0 Å². The minimum absolute atomic E-state index is 0.204. The molecule has 1 N–H and O–H groups in total. The fraction of sp³-hybridized carbons (Fsp3) is 0.929. The molecule has 1 heterocycles. The van der Waals surface area contributed by atoms with E-state index in [0.29, 0.717) is 6.04 Å². The molecule has 2 amide bonds. The average Bonchev–Trinajstić information content (AvgIpc) is 2.80. The monoisotopic (exact) mass is 236 g/mol. The van der Waals surface area contributed by atoms with Gasteiger partial charge in [0.15, 0.2) is 0 Å². The van der Waals surface area contributed by atoms with E-state index in [4.69, 9.17) is 0 Å². The van der Waals surface area contributed by atoms with Crippen molar-refractivity contribution in [1.82, 2.24) is 10.2 Å². The van der Waals surface area contributed by atoms with E-state index >= 15 is 0 Å². The van der Waals surface area contributed by atoms with Gasteiger partial charge < -0.3 is 10.2 Å². The number of unbranched alkanes of at least 4 members (excludes halogenated alkanes) is 2. The van der Waals surface area contributed by atoms with Crippen molar-refractivity contribution in [2.45, 2.75) is 51.5 Å². The predicted octanol–water partition coefficient (Wildman–Crippen LogP) is 2.62. The van der Waals surface area contributed by atoms with Gasteiger partial charge in [-0.1, -0.05) is 19.8 Å². The number of amides is 2. The van der Waals surface area contributed by atoms with Crippen LogP contribution in [0, 0.1) is 17.8 Å². The maximum Gasteiger partial charge on any atom is 0.317 e. The molecule has 0 aromatic heterocycles. The summed E-state index contributed by atoms with van der Waals surface area (Å²) in [6.45, 7) is 4.08. The van der Waals surface area contributed by atoms with Gasteiger partial charge in [0, 0.05) is 25.0 Å². The van der Waals surface area contributed by atoms with Crippen molar-refractivity contribution in [3.8, 4) is 0 Å². The van der Waals surface area contributed by atoms with E-state index in [1.54, 1.807) is 0 Å². The largest absolute Gasteiger partial charge is 0.338 e. The number of likely N-dealkylation sites (tertiary alicyclic amines) is 1. The number of carbonyl (C=O) groups is 1. The van der Waals surface area contributed by atoms with Gasteiger partial charge in [0.05, 0.1) is 0 Å². The van der Waals surface area contributed by atoms with Crippen molar-refractivity contribution in [2.24, 2.45) is 17.8 Å². The third-order valence-corrected chi connectivity index (χ3v) is 5.13. The van der Waals surface area contributed by atoms with Crippen molar-refractivity contribution < 1.29 is 4.79 Å². The lowest BCUT2D eigenvalue weighted by atomic mass is 9.77. The van der Waals surface area contributed by atoms with Crippen molar-refractivity contribution in [1.29, 1.82) is 0 Å². The molecule has 3 heteroatoms. The number of hydrogen-bond donors (Lipinski definition) is 1. The van der Waals surface area contributed by atoms with Crippen LogP contribution in [0.15, 0.2) is 0 Å². The van der Waals surface area contributed by atoms with Crippen LogP contribution in [-0.2, 0) is 0 Å². The van der Waals surface area contributed by atoms with Gasteiger partial charge in [-0.25, -0.2) is 4.79 Å². The first-order chi connectivity index (χ1) is 8.31. The highest BCUT2D eigenvalue weighted by Gasteiger charge is 2.57. The smallest absolute Gasteiger partial charge is 0.317 e. The Morgan fingerprint density at radius 3 is 2.88 bits per heavy atom. The fourth-order valence-electron chi connectivity index (χ4n) is 4.22. The summed E-state index contributed by atoms with van der Waals surface area (Å²) in [7, 11) is 0. The molecule has 1 saturated heterocycles. The Kier molecular flexibility index (Phi) is 3.01. The SMILES string of the molecule is CCCCCNC(=O)N1CC2C3CCC(C3)C21. The van der Waals surface area contributed by atoms with Crippen LogP contribution in [0.3, 0.4) is 0 Å². The summed E-state index contributed by atoms with van der Waals surface area (Å²) in [5.41, 5.74) is 0. The second kappa shape index (κ2) is 4.51. The molecule has 2 saturated carbocycles. The third kappa shape index (κ3) is 1.84. The van der Waals surface area contributed by atoms with Crippen LogP contribution in [0.5, 0.6) is 0 Å². The highest BCUT2D eigenvalue weighted by molar-refractivity contribution is 5.75. The van der Waals surface area contributed by atoms with Crippen molar-refractivity contribution in [3.05, 3.63) is 0 Å². The van der Waals surface area contributed by atoms with Crippen molar-refractivity contribution >= 4 is 6.03 Å². The molecule has 4 unspecified atom stereocenters. The molecule has 17 heavy (non-hydrogen) atoms. The molecule has 3 fully saturated rings. The molecule has 96 valence electrons. The quantitative estimate of drug-likeness (QED) is 0.748. The second-order valence-corrected chi connectivity index (χ2v) is 6.08. The van der Waals surface area contributed by atoms with Crippen LogP contribution in [0.4, 0.5) is 4.79 Å². The standard InChI is InChI=1S/C14H24N2O/c1-2-3-4-7-15-14(17)16-9-12-10-5-6-11(8-10)13(12)16/h10-13H,2-9H2,1H3,(H,15,17). The van der Waals surface area contributed by atoms with E-state index in [9.17, 15) is 4.79 Å². The Balaban J connectivity index is 1.45. The summed E-state index contributed by atoms with van der Waals surface area (Å²) in [6.07, 6.45) is 7.75. The number of nitrogens with zero attached hydrogens (tertiary/aromatic N) is 1. The van der Waals surface area contributed by atoms with E-state index in [2.05, 4.69) is 17.1 Å². The lowest BCUT2D eigenvalue weighted by Gasteiger charge is -2.50. The van der Waals surface area contributed by atoms with E-state index in [-0.39, 0.29) is 6.03 Å². The number of nitrogens with one attached hydrogen (secondary N) is 1. The lowest BCUT2D eigenvalue weighted by molar-refractivity contribution is 0.0123.